The van der Waals surface area contributed by atoms with Gasteiger partial charge in [-0.1, -0.05) is 41.1 Å². The molecular weight excluding hydrogens is 290 g/mol. The third-order valence-electron chi connectivity index (χ3n) is 3.39. The monoisotopic (exact) mass is 311 g/mol. The third-order valence-corrected chi connectivity index (χ3v) is 4.54. The lowest BCUT2D eigenvalue weighted by Gasteiger charge is -2.29. The highest BCUT2D eigenvalue weighted by atomic mass is 79.9. The van der Waals surface area contributed by atoms with Gasteiger partial charge in [-0.2, -0.15) is 0 Å². The molecule has 3 heteroatoms. The maximum Gasteiger partial charge on any atom is 0.224 e. The Hall–Kier alpha value is -0.830. The first kappa shape index (κ1) is 15.2. The normalized spacial score (nSPS) is 13.2. The van der Waals surface area contributed by atoms with Gasteiger partial charge in [0, 0.05) is 10.4 Å². The molecule has 0 aliphatic carbocycles. The van der Waals surface area contributed by atoms with Crippen LogP contribution in [0.3, 0.4) is 0 Å². The predicted molar refractivity (Wildman–Crippen MR) is 80.2 cm³/mol. The molecule has 1 N–H and O–H groups in total. The van der Waals surface area contributed by atoms with E-state index in [0.717, 1.165) is 5.56 Å². The van der Waals surface area contributed by atoms with Crippen molar-refractivity contribution >= 4 is 21.8 Å². The van der Waals surface area contributed by atoms with Crippen LogP contribution >= 0.6 is 15.9 Å². The lowest BCUT2D eigenvalue weighted by Crippen LogP contribution is -2.49. The maximum atomic E-state index is 12.0. The highest BCUT2D eigenvalue weighted by Gasteiger charge is 2.25. The second-order valence-corrected chi connectivity index (χ2v) is 6.85. The number of nitrogens with one attached hydrogen (secondary N) is 1. The van der Waals surface area contributed by atoms with E-state index in [-0.39, 0.29) is 16.3 Å². The van der Waals surface area contributed by atoms with E-state index in [2.05, 4.69) is 47.2 Å². The van der Waals surface area contributed by atoms with E-state index in [9.17, 15) is 4.79 Å². The van der Waals surface area contributed by atoms with Gasteiger partial charge in [0.2, 0.25) is 5.91 Å². The minimum Gasteiger partial charge on any atom is -0.350 e. The first-order valence-corrected chi connectivity index (χ1v) is 7.15. The molecule has 1 unspecified atom stereocenters. The minimum atomic E-state index is -0.239. The highest BCUT2D eigenvalue weighted by Crippen LogP contribution is 2.17. The van der Waals surface area contributed by atoms with Gasteiger partial charge in [0.15, 0.2) is 0 Å². The SMILES string of the molecule is Cc1ccc(CC(=O)NC(C)(C)C(C)Br)cc1C. The topological polar surface area (TPSA) is 29.1 Å². The average molecular weight is 312 g/mol. The van der Waals surface area contributed by atoms with Crippen LogP contribution in [-0.2, 0) is 11.2 Å². The molecule has 0 spiro atoms. The van der Waals surface area contributed by atoms with Crippen LogP contribution in [0.15, 0.2) is 18.2 Å². The fraction of sp³-hybridized carbons (Fsp3) is 0.533. The summed E-state index contributed by atoms with van der Waals surface area (Å²) in [6.45, 7) is 10.2. The number of aryl methyl sites for hydroxylation is 2. The van der Waals surface area contributed by atoms with Gasteiger partial charge in [0.25, 0.3) is 0 Å². The van der Waals surface area contributed by atoms with Gasteiger partial charge in [-0.15, -0.1) is 0 Å². The molecule has 100 valence electrons. The van der Waals surface area contributed by atoms with Crippen LogP contribution in [0.25, 0.3) is 0 Å². The average Bonchev–Trinajstić information content (AvgIpc) is 2.22. The van der Waals surface area contributed by atoms with Crippen molar-refractivity contribution in [2.45, 2.75) is 51.4 Å². The molecule has 0 fully saturated rings. The Morgan fingerprint density at radius 1 is 1.33 bits per heavy atom. The molecule has 0 bridgehead atoms. The number of benzene rings is 1. The molecule has 0 saturated carbocycles. The summed E-state index contributed by atoms with van der Waals surface area (Å²) in [6, 6.07) is 6.17. The Balaban J connectivity index is 2.68. The molecule has 0 radical (unpaired) electrons. The van der Waals surface area contributed by atoms with Crippen molar-refractivity contribution in [1.29, 1.82) is 0 Å². The van der Waals surface area contributed by atoms with Gasteiger partial charge in [-0.05, 0) is 44.4 Å². The van der Waals surface area contributed by atoms with Crippen LogP contribution in [0.4, 0.5) is 0 Å². The first-order valence-electron chi connectivity index (χ1n) is 6.23. The van der Waals surface area contributed by atoms with Gasteiger partial charge >= 0.3 is 0 Å². The largest absolute Gasteiger partial charge is 0.350 e. The summed E-state index contributed by atoms with van der Waals surface area (Å²) in [5.41, 5.74) is 3.31. The molecule has 0 aliphatic heterocycles. The Morgan fingerprint density at radius 2 is 1.94 bits per heavy atom. The number of halogens is 1. The second kappa shape index (κ2) is 5.87. The van der Waals surface area contributed by atoms with Gasteiger partial charge in [0.1, 0.15) is 0 Å². The lowest BCUT2D eigenvalue weighted by molar-refractivity contribution is -0.121. The van der Waals surface area contributed by atoms with Crippen molar-refractivity contribution in [1.82, 2.24) is 5.32 Å². The van der Waals surface area contributed by atoms with Crippen LogP contribution in [0.2, 0.25) is 0 Å². The smallest absolute Gasteiger partial charge is 0.224 e. The molecule has 0 aliphatic rings. The fourth-order valence-corrected chi connectivity index (χ4v) is 1.72. The Labute approximate surface area is 118 Å². The van der Waals surface area contributed by atoms with Gasteiger partial charge in [-0.3, -0.25) is 4.79 Å². The molecule has 1 amide bonds. The molecular formula is C15H22BrNO. The van der Waals surface area contributed by atoms with Crippen molar-refractivity contribution < 1.29 is 4.79 Å². The molecule has 1 aromatic carbocycles. The molecule has 0 aromatic heterocycles. The van der Waals surface area contributed by atoms with Crippen LogP contribution < -0.4 is 5.32 Å². The van der Waals surface area contributed by atoms with E-state index >= 15 is 0 Å². The first-order chi connectivity index (χ1) is 8.22. The number of carbonyl (C=O) groups excluding carboxylic acids is 1. The lowest BCUT2D eigenvalue weighted by atomic mass is 10.00. The van der Waals surface area contributed by atoms with Gasteiger partial charge < -0.3 is 5.32 Å². The number of alkyl halides is 1. The van der Waals surface area contributed by atoms with Gasteiger partial charge in [-0.25, -0.2) is 0 Å². The standard InChI is InChI=1S/C15H22BrNO/c1-10-6-7-13(8-11(10)2)9-14(18)17-15(4,5)12(3)16/h6-8,12H,9H2,1-5H3,(H,17,18). The van der Waals surface area contributed by atoms with E-state index < -0.39 is 0 Å². The van der Waals surface area contributed by atoms with Crippen molar-refractivity contribution in [3.8, 4) is 0 Å². The predicted octanol–water partition coefficient (Wildman–Crippen LogP) is 3.52. The second-order valence-electron chi connectivity index (χ2n) is 5.48. The van der Waals surface area contributed by atoms with Crippen LogP contribution in [-0.4, -0.2) is 16.3 Å². The Bertz CT molecular complexity index is 438. The number of carbonyl (C=O) groups is 1. The Kier molecular flexibility index (Phi) is 4.97. The van der Waals surface area contributed by atoms with E-state index in [1.54, 1.807) is 0 Å². The van der Waals surface area contributed by atoms with Crippen LogP contribution in [0.5, 0.6) is 0 Å². The molecule has 1 atom stereocenters. The number of hydrogen-bond acceptors (Lipinski definition) is 1. The summed E-state index contributed by atoms with van der Waals surface area (Å²) < 4.78 is 0. The fourth-order valence-electron chi connectivity index (χ4n) is 1.60. The van der Waals surface area contributed by atoms with Crippen molar-refractivity contribution in [2.75, 3.05) is 0 Å². The minimum absolute atomic E-state index is 0.0644. The summed E-state index contributed by atoms with van der Waals surface area (Å²) >= 11 is 3.52. The zero-order chi connectivity index (χ0) is 13.9. The highest BCUT2D eigenvalue weighted by molar-refractivity contribution is 9.09. The Morgan fingerprint density at radius 3 is 2.44 bits per heavy atom. The van der Waals surface area contributed by atoms with Crippen LogP contribution in [0.1, 0.15) is 37.5 Å². The van der Waals surface area contributed by atoms with Crippen molar-refractivity contribution in [3.63, 3.8) is 0 Å². The summed E-state index contributed by atoms with van der Waals surface area (Å²) in [5.74, 6) is 0.0644. The summed E-state index contributed by atoms with van der Waals surface area (Å²) in [5, 5.41) is 3.05. The molecule has 1 rings (SSSR count). The third kappa shape index (κ3) is 4.13. The number of rotatable bonds is 4. The number of amides is 1. The summed E-state index contributed by atoms with van der Waals surface area (Å²) in [4.78, 5) is 12.2. The van der Waals surface area contributed by atoms with E-state index in [1.165, 1.54) is 11.1 Å². The van der Waals surface area contributed by atoms with Crippen molar-refractivity contribution in [3.05, 3.63) is 34.9 Å². The maximum absolute atomic E-state index is 12.0. The summed E-state index contributed by atoms with van der Waals surface area (Å²) in [7, 11) is 0. The summed E-state index contributed by atoms with van der Waals surface area (Å²) in [6.07, 6.45) is 0.435. The van der Waals surface area contributed by atoms with E-state index in [1.807, 2.05) is 26.8 Å². The molecule has 2 nitrogen and oxygen atoms in total. The quantitative estimate of drug-likeness (QED) is 0.847. The van der Waals surface area contributed by atoms with E-state index in [4.69, 9.17) is 0 Å². The zero-order valence-corrected chi connectivity index (χ0v) is 13.4. The van der Waals surface area contributed by atoms with Gasteiger partial charge in [0.05, 0.1) is 6.42 Å². The molecule has 0 heterocycles. The van der Waals surface area contributed by atoms with E-state index in [0.29, 0.717) is 6.42 Å². The molecule has 1 aromatic rings. The molecule has 0 saturated heterocycles. The van der Waals surface area contributed by atoms with Crippen LogP contribution in [0, 0.1) is 13.8 Å². The molecule has 18 heavy (non-hydrogen) atoms. The van der Waals surface area contributed by atoms with Crippen molar-refractivity contribution in [2.24, 2.45) is 0 Å². The zero-order valence-electron chi connectivity index (χ0n) is 11.8. The number of hydrogen-bond donors (Lipinski definition) is 1.